The van der Waals surface area contributed by atoms with Gasteiger partial charge in [0.05, 0.1) is 5.69 Å². The summed E-state index contributed by atoms with van der Waals surface area (Å²) in [5.74, 6) is -1.00. The molecule has 1 atom stereocenters. The summed E-state index contributed by atoms with van der Waals surface area (Å²) in [5.41, 5.74) is 12.0. The van der Waals surface area contributed by atoms with E-state index < -0.39 is 17.9 Å². The van der Waals surface area contributed by atoms with E-state index in [1.54, 1.807) is 6.07 Å². The van der Waals surface area contributed by atoms with Crippen molar-refractivity contribution in [2.45, 2.75) is 18.9 Å². The van der Waals surface area contributed by atoms with E-state index in [9.17, 15) is 9.59 Å². The van der Waals surface area contributed by atoms with Gasteiger partial charge in [-0.3, -0.25) is 9.59 Å². The first-order chi connectivity index (χ1) is 9.99. The zero-order valence-corrected chi connectivity index (χ0v) is 13.9. The molecule has 22 heavy (non-hydrogen) atoms. The van der Waals surface area contributed by atoms with E-state index in [4.69, 9.17) is 15.9 Å². The number of nitrogens with zero attached hydrogens (tertiary/aromatic N) is 1. The van der Waals surface area contributed by atoms with Gasteiger partial charge in [0.2, 0.25) is 11.7 Å². The minimum atomic E-state index is -0.660. The number of nitrogens with two attached hydrogens (primary N) is 2. The highest BCUT2D eigenvalue weighted by Gasteiger charge is 2.34. The highest BCUT2D eigenvalue weighted by molar-refractivity contribution is 9.10. The number of anilines is 1. The largest absolute Gasteiger partial charge is 0.449 e. The van der Waals surface area contributed by atoms with Gasteiger partial charge in [0.15, 0.2) is 0 Å². The van der Waals surface area contributed by atoms with Crippen LogP contribution in [0.25, 0.3) is 11.0 Å². The molecule has 0 saturated carbocycles. The minimum Gasteiger partial charge on any atom is -0.449 e. The number of primary amides is 2. The van der Waals surface area contributed by atoms with Crippen LogP contribution in [0, 0.1) is 0 Å². The maximum Gasteiger partial charge on any atom is 0.286 e. The predicted octanol–water partition coefficient (Wildman–Crippen LogP) is 2.17. The predicted molar refractivity (Wildman–Crippen MR) is 89.2 cm³/mol. The van der Waals surface area contributed by atoms with Crippen LogP contribution in [0.3, 0.4) is 0 Å². The quantitative estimate of drug-likeness (QED) is 0.841. The van der Waals surface area contributed by atoms with Crippen molar-refractivity contribution in [3.63, 3.8) is 0 Å². The number of fused-ring (bicyclic) bond motifs is 1. The van der Waals surface area contributed by atoms with Gasteiger partial charge in [-0.15, -0.1) is 12.4 Å². The summed E-state index contributed by atoms with van der Waals surface area (Å²) in [7, 11) is 0. The number of benzene rings is 1. The van der Waals surface area contributed by atoms with Gasteiger partial charge >= 0.3 is 0 Å². The van der Waals surface area contributed by atoms with Crippen molar-refractivity contribution in [3.05, 3.63) is 28.4 Å². The fourth-order valence-electron chi connectivity index (χ4n) is 2.84. The zero-order chi connectivity index (χ0) is 15.1. The second-order valence-electron chi connectivity index (χ2n) is 5.04. The van der Waals surface area contributed by atoms with Crippen molar-refractivity contribution in [2.24, 2.45) is 11.5 Å². The molecule has 2 heterocycles. The highest BCUT2D eigenvalue weighted by Crippen LogP contribution is 2.38. The molecule has 8 heteroatoms. The molecular formula is C14H15BrClN3O3. The van der Waals surface area contributed by atoms with Gasteiger partial charge in [0.25, 0.3) is 5.91 Å². The molecule has 2 amide bonds. The fraction of sp³-hybridized carbons (Fsp3) is 0.286. The van der Waals surface area contributed by atoms with Gasteiger partial charge in [-0.25, -0.2) is 0 Å². The molecule has 0 unspecified atom stereocenters. The van der Waals surface area contributed by atoms with Crippen LogP contribution in [-0.2, 0) is 4.79 Å². The van der Waals surface area contributed by atoms with Gasteiger partial charge in [0, 0.05) is 16.4 Å². The lowest BCUT2D eigenvalue weighted by atomic mass is 10.1. The van der Waals surface area contributed by atoms with Crippen LogP contribution in [0.2, 0.25) is 0 Å². The standard InChI is InChI=1S/C14H14BrN3O3.ClH/c15-7-3-4-10-8(6-7)11(12(21-10)14(17)20)18-5-1-2-9(18)13(16)19;/h3-4,6,9H,1-2,5H2,(H2,16,19)(H2,17,20);1H/t9-;/m0./s1. The third-order valence-corrected chi connectivity index (χ3v) is 4.21. The molecule has 1 aliphatic heterocycles. The second kappa shape index (κ2) is 6.18. The van der Waals surface area contributed by atoms with Crippen molar-refractivity contribution < 1.29 is 14.0 Å². The Balaban J connectivity index is 0.00000176. The summed E-state index contributed by atoms with van der Waals surface area (Å²) in [6.45, 7) is 0.634. The Bertz CT molecular complexity index is 746. The first-order valence-electron chi connectivity index (χ1n) is 6.57. The van der Waals surface area contributed by atoms with Crippen LogP contribution in [0.15, 0.2) is 27.1 Å². The van der Waals surface area contributed by atoms with Crippen LogP contribution in [0.5, 0.6) is 0 Å². The molecule has 3 rings (SSSR count). The minimum absolute atomic E-state index is 0. The number of furan rings is 1. The van der Waals surface area contributed by atoms with Crippen LogP contribution in [0.4, 0.5) is 5.69 Å². The summed E-state index contributed by atoms with van der Waals surface area (Å²) >= 11 is 3.40. The van der Waals surface area contributed by atoms with E-state index in [0.29, 0.717) is 24.2 Å². The van der Waals surface area contributed by atoms with Crippen LogP contribution < -0.4 is 16.4 Å². The lowest BCUT2D eigenvalue weighted by Crippen LogP contribution is -2.41. The molecular weight excluding hydrogens is 374 g/mol. The Labute approximate surface area is 141 Å². The van der Waals surface area contributed by atoms with Gasteiger partial charge in [0.1, 0.15) is 11.6 Å². The van der Waals surface area contributed by atoms with E-state index >= 15 is 0 Å². The Kier molecular flexibility index (Phi) is 4.67. The van der Waals surface area contributed by atoms with E-state index in [0.717, 1.165) is 16.3 Å². The molecule has 0 spiro atoms. The average Bonchev–Trinajstić information content (AvgIpc) is 3.00. The first kappa shape index (κ1) is 16.6. The van der Waals surface area contributed by atoms with Gasteiger partial charge in [-0.2, -0.15) is 0 Å². The van der Waals surface area contributed by atoms with E-state index in [-0.39, 0.29) is 18.2 Å². The van der Waals surface area contributed by atoms with Crippen molar-refractivity contribution >= 4 is 56.8 Å². The molecule has 6 nitrogen and oxygen atoms in total. The molecule has 1 aromatic carbocycles. The molecule has 0 aliphatic carbocycles. The number of hydrogen-bond donors (Lipinski definition) is 2. The number of halogens is 2. The molecule has 0 bridgehead atoms. The Morgan fingerprint density at radius 1 is 1.32 bits per heavy atom. The van der Waals surface area contributed by atoms with Gasteiger partial charge in [-0.05, 0) is 31.0 Å². The van der Waals surface area contributed by atoms with Gasteiger partial charge in [-0.1, -0.05) is 15.9 Å². The fourth-order valence-corrected chi connectivity index (χ4v) is 3.20. The van der Waals surface area contributed by atoms with Crippen molar-refractivity contribution in [1.82, 2.24) is 0 Å². The first-order valence-corrected chi connectivity index (χ1v) is 7.36. The molecule has 1 aromatic heterocycles. The van der Waals surface area contributed by atoms with Crippen LogP contribution in [0.1, 0.15) is 23.4 Å². The summed E-state index contributed by atoms with van der Waals surface area (Å²) in [6, 6.07) is 4.97. The number of hydrogen-bond acceptors (Lipinski definition) is 4. The summed E-state index contributed by atoms with van der Waals surface area (Å²) in [4.78, 5) is 25.1. The molecule has 118 valence electrons. The molecule has 1 saturated heterocycles. The zero-order valence-electron chi connectivity index (χ0n) is 11.5. The maximum atomic E-state index is 11.7. The average molecular weight is 389 g/mol. The normalized spacial score (nSPS) is 17.5. The number of carbonyl (C=O) groups is 2. The van der Waals surface area contributed by atoms with Gasteiger partial charge < -0.3 is 20.8 Å². The lowest BCUT2D eigenvalue weighted by molar-refractivity contribution is -0.119. The SMILES string of the molecule is Cl.NC(=O)c1oc2ccc(Br)cc2c1N1CCC[C@H]1C(N)=O. The smallest absolute Gasteiger partial charge is 0.286 e. The Morgan fingerprint density at radius 3 is 2.68 bits per heavy atom. The van der Waals surface area contributed by atoms with Crippen molar-refractivity contribution in [3.8, 4) is 0 Å². The molecule has 4 N–H and O–H groups in total. The van der Waals surface area contributed by atoms with Crippen LogP contribution in [-0.4, -0.2) is 24.4 Å². The van der Waals surface area contributed by atoms with E-state index in [1.165, 1.54) is 0 Å². The Hall–Kier alpha value is -1.73. The highest BCUT2D eigenvalue weighted by atomic mass is 79.9. The summed E-state index contributed by atoms with van der Waals surface area (Å²) in [5, 5.41) is 0.742. The second-order valence-corrected chi connectivity index (χ2v) is 5.95. The molecule has 0 radical (unpaired) electrons. The summed E-state index contributed by atoms with van der Waals surface area (Å²) in [6.07, 6.45) is 1.49. The topological polar surface area (TPSA) is 103 Å². The molecule has 1 aliphatic rings. The number of amides is 2. The molecule has 2 aromatic rings. The molecule has 1 fully saturated rings. The number of carbonyl (C=O) groups excluding carboxylic acids is 2. The third kappa shape index (κ3) is 2.66. The third-order valence-electron chi connectivity index (χ3n) is 3.72. The van der Waals surface area contributed by atoms with Crippen LogP contribution >= 0.6 is 28.3 Å². The summed E-state index contributed by atoms with van der Waals surface area (Å²) < 4.78 is 6.42. The van der Waals surface area contributed by atoms with E-state index in [2.05, 4.69) is 15.9 Å². The Morgan fingerprint density at radius 2 is 2.05 bits per heavy atom. The van der Waals surface area contributed by atoms with Crippen molar-refractivity contribution in [2.75, 3.05) is 11.4 Å². The van der Waals surface area contributed by atoms with Crippen molar-refractivity contribution in [1.29, 1.82) is 0 Å². The number of rotatable bonds is 3. The lowest BCUT2D eigenvalue weighted by Gasteiger charge is -2.24. The monoisotopic (exact) mass is 387 g/mol. The maximum absolute atomic E-state index is 11.7. The van der Waals surface area contributed by atoms with E-state index in [1.807, 2.05) is 17.0 Å².